The van der Waals surface area contributed by atoms with E-state index in [-0.39, 0.29) is 6.41 Å². The molecule has 116 valence electrons. The lowest BCUT2D eigenvalue weighted by molar-refractivity contribution is -0.167. The number of nitrogens with two attached hydrogens (primary N) is 1. The molecule has 2 aliphatic carbocycles. The third-order valence-electron chi connectivity index (χ3n) is 3.62. The summed E-state index contributed by atoms with van der Waals surface area (Å²) >= 11 is 0. The second-order valence-corrected chi connectivity index (χ2v) is 4.85. The smallest absolute Gasteiger partial charge is 0.372 e. The van der Waals surface area contributed by atoms with Crippen LogP contribution in [0.4, 0.5) is 13.2 Å². The van der Waals surface area contributed by atoms with Crippen LogP contribution < -0.4 is 5.73 Å². The van der Waals surface area contributed by atoms with Gasteiger partial charge in [-0.05, 0) is 24.8 Å². The van der Waals surface area contributed by atoms with Crippen molar-refractivity contribution in [1.82, 2.24) is 0 Å². The second kappa shape index (κ2) is 7.86. The van der Waals surface area contributed by atoms with Gasteiger partial charge < -0.3 is 5.73 Å². The van der Waals surface area contributed by atoms with Gasteiger partial charge >= 0.3 is 6.18 Å². The summed E-state index contributed by atoms with van der Waals surface area (Å²) in [7, 11) is 0. The van der Waals surface area contributed by atoms with Crippen LogP contribution in [0.1, 0.15) is 26.2 Å². The van der Waals surface area contributed by atoms with E-state index in [9.17, 15) is 13.2 Å². The quantitative estimate of drug-likeness (QED) is 0.768. The molecule has 2 unspecified atom stereocenters. The molecule has 2 rings (SSSR count). The molecule has 1 amide bonds. The summed E-state index contributed by atoms with van der Waals surface area (Å²) in [6.07, 6.45) is 8.76. The first kappa shape index (κ1) is 17.3. The number of hydrogen-bond donors (Lipinski definition) is 1. The molecular formula is C16H20F3NO. The molecule has 2 nitrogen and oxygen atoms in total. The molecule has 0 fully saturated rings. The van der Waals surface area contributed by atoms with Crippen LogP contribution in [0, 0.1) is 11.8 Å². The number of amides is 1. The zero-order valence-electron chi connectivity index (χ0n) is 11.9. The average Bonchev–Trinajstić information content (AvgIpc) is 2.47. The van der Waals surface area contributed by atoms with Crippen molar-refractivity contribution in [3.05, 3.63) is 47.6 Å². The van der Waals surface area contributed by atoms with E-state index in [2.05, 4.69) is 5.73 Å². The molecular weight excluding hydrogens is 279 g/mol. The fraction of sp³-hybridized carbons (Fsp3) is 0.438. The van der Waals surface area contributed by atoms with Crippen LogP contribution >= 0.6 is 0 Å². The number of rotatable bonds is 2. The molecule has 0 aliphatic heterocycles. The van der Waals surface area contributed by atoms with Gasteiger partial charge in [0.05, 0.1) is 5.92 Å². The zero-order chi connectivity index (χ0) is 15.9. The van der Waals surface area contributed by atoms with Crippen molar-refractivity contribution >= 4 is 6.41 Å². The van der Waals surface area contributed by atoms with Gasteiger partial charge in [0.15, 0.2) is 0 Å². The highest BCUT2D eigenvalue weighted by Gasteiger charge is 2.43. The van der Waals surface area contributed by atoms with Gasteiger partial charge in [0.1, 0.15) is 0 Å². The highest BCUT2D eigenvalue weighted by molar-refractivity contribution is 5.42. The lowest BCUT2D eigenvalue weighted by atomic mass is 9.77. The first-order valence-corrected chi connectivity index (χ1v) is 6.91. The highest BCUT2D eigenvalue weighted by Crippen LogP contribution is 2.42. The van der Waals surface area contributed by atoms with Gasteiger partial charge in [0, 0.05) is 5.92 Å². The fourth-order valence-electron chi connectivity index (χ4n) is 2.67. The largest absolute Gasteiger partial charge is 0.396 e. The number of allylic oxidation sites excluding steroid dienone is 8. The van der Waals surface area contributed by atoms with E-state index in [0.717, 1.165) is 30.4 Å². The molecule has 2 N–H and O–H groups in total. The fourth-order valence-corrected chi connectivity index (χ4v) is 2.67. The zero-order valence-corrected chi connectivity index (χ0v) is 11.9. The predicted molar refractivity (Wildman–Crippen MR) is 77.3 cm³/mol. The molecule has 0 heterocycles. The van der Waals surface area contributed by atoms with E-state index in [4.69, 9.17) is 4.79 Å². The summed E-state index contributed by atoms with van der Waals surface area (Å²) in [6.45, 7) is 2.01. The third kappa shape index (κ3) is 4.62. The minimum atomic E-state index is -4.18. The highest BCUT2D eigenvalue weighted by atomic mass is 19.4. The summed E-state index contributed by atoms with van der Waals surface area (Å²) in [5.41, 5.74) is 6.20. The Labute approximate surface area is 122 Å². The summed E-state index contributed by atoms with van der Waals surface area (Å²) in [5.74, 6) is -1.94. The van der Waals surface area contributed by atoms with Crippen LogP contribution in [0.15, 0.2) is 47.6 Å². The Hall–Kier alpha value is -1.78. The molecule has 0 spiro atoms. The number of carbonyl (C=O) groups excluding carboxylic acids is 1. The molecule has 0 aromatic heterocycles. The Morgan fingerprint density at radius 1 is 1.33 bits per heavy atom. The molecule has 21 heavy (non-hydrogen) atoms. The van der Waals surface area contributed by atoms with Gasteiger partial charge in [0.2, 0.25) is 6.41 Å². The summed E-state index contributed by atoms with van der Waals surface area (Å²) in [6, 6.07) is 0. The van der Waals surface area contributed by atoms with E-state index in [0.29, 0.717) is 0 Å². The Kier molecular flexibility index (Phi) is 6.46. The van der Waals surface area contributed by atoms with Gasteiger partial charge in [-0.15, -0.1) is 0 Å². The van der Waals surface area contributed by atoms with Crippen molar-refractivity contribution in [1.29, 1.82) is 0 Å². The third-order valence-corrected chi connectivity index (χ3v) is 3.62. The van der Waals surface area contributed by atoms with E-state index in [1.807, 2.05) is 19.1 Å². The normalized spacial score (nSPS) is 24.6. The molecule has 0 aromatic rings. The molecule has 2 atom stereocenters. The second-order valence-electron chi connectivity index (χ2n) is 4.85. The van der Waals surface area contributed by atoms with Crippen molar-refractivity contribution in [2.45, 2.75) is 32.4 Å². The summed E-state index contributed by atoms with van der Waals surface area (Å²) in [4.78, 5) is 8.58. The molecule has 2 aliphatic rings. The van der Waals surface area contributed by atoms with Gasteiger partial charge in [-0.2, -0.15) is 13.2 Å². The Bertz CT molecular complexity index is 472. The van der Waals surface area contributed by atoms with E-state index < -0.39 is 18.0 Å². The monoisotopic (exact) mass is 299 g/mol. The maximum Gasteiger partial charge on any atom is 0.396 e. The van der Waals surface area contributed by atoms with Crippen molar-refractivity contribution in [3.63, 3.8) is 0 Å². The molecule has 5 heteroatoms. The number of alkyl halides is 3. The Balaban J connectivity index is 0.000000677. The van der Waals surface area contributed by atoms with Crippen LogP contribution in [0.5, 0.6) is 0 Å². The van der Waals surface area contributed by atoms with Crippen LogP contribution in [0.3, 0.4) is 0 Å². The molecule has 0 saturated heterocycles. The number of carbonyl (C=O) groups is 1. The number of hydrogen-bond acceptors (Lipinski definition) is 1. The van der Waals surface area contributed by atoms with Crippen LogP contribution in [0.2, 0.25) is 0 Å². The van der Waals surface area contributed by atoms with E-state index in [1.165, 1.54) is 12.2 Å². The lowest BCUT2D eigenvalue weighted by Gasteiger charge is -2.30. The summed E-state index contributed by atoms with van der Waals surface area (Å²) < 4.78 is 39.1. The summed E-state index contributed by atoms with van der Waals surface area (Å²) in [5, 5.41) is 0. The minimum Gasteiger partial charge on any atom is -0.372 e. The first-order chi connectivity index (χ1) is 9.95. The standard InChI is InChI=1S/C15H17F3.CH3NO/c1-2-11-7-3-4-8-12(11)13-9-5-6-10-14(13)15(16,17)18;2-1-3/h4-6,8-10,13-14H,2-3,7H2,1H3;1H,(H2,2,3). The molecule has 0 radical (unpaired) electrons. The van der Waals surface area contributed by atoms with Crippen molar-refractivity contribution in [2.75, 3.05) is 0 Å². The maximum atomic E-state index is 13.0. The first-order valence-electron chi connectivity index (χ1n) is 6.91. The Morgan fingerprint density at radius 2 is 1.95 bits per heavy atom. The van der Waals surface area contributed by atoms with Crippen molar-refractivity contribution in [2.24, 2.45) is 17.6 Å². The van der Waals surface area contributed by atoms with Gasteiger partial charge in [-0.3, -0.25) is 4.79 Å². The van der Waals surface area contributed by atoms with Crippen LogP contribution in [-0.4, -0.2) is 12.6 Å². The predicted octanol–water partition coefficient (Wildman–Crippen LogP) is 4.07. The number of primary amides is 1. The maximum absolute atomic E-state index is 13.0. The lowest BCUT2D eigenvalue weighted by Crippen LogP contribution is -2.30. The minimum absolute atomic E-state index is 0.250. The Morgan fingerprint density at radius 3 is 2.52 bits per heavy atom. The van der Waals surface area contributed by atoms with E-state index in [1.54, 1.807) is 12.2 Å². The van der Waals surface area contributed by atoms with Crippen LogP contribution in [0.25, 0.3) is 0 Å². The van der Waals surface area contributed by atoms with Gasteiger partial charge in [-0.1, -0.05) is 49.0 Å². The topological polar surface area (TPSA) is 43.1 Å². The van der Waals surface area contributed by atoms with Gasteiger partial charge in [0.25, 0.3) is 0 Å². The van der Waals surface area contributed by atoms with Crippen LogP contribution in [-0.2, 0) is 4.79 Å². The average molecular weight is 299 g/mol. The number of halogens is 3. The SMILES string of the molecule is CCC1=C(C2C=CC=CC2C(F)(F)F)C=CCC1.NC=O. The van der Waals surface area contributed by atoms with Crippen molar-refractivity contribution in [3.8, 4) is 0 Å². The van der Waals surface area contributed by atoms with Crippen molar-refractivity contribution < 1.29 is 18.0 Å². The molecule has 0 aromatic carbocycles. The van der Waals surface area contributed by atoms with E-state index >= 15 is 0 Å². The molecule has 0 saturated carbocycles. The molecule has 0 bridgehead atoms. The van der Waals surface area contributed by atoms with Gasteiger partial charge in [-0.25, -0.2) is 0 Å².